The molecule has 0 saturated carbocycles. The van der Waals surface area contributed by atoms with E-state index in [1.165, 1.54) is 0 Å². The van der Waals surface area contributed by atoms with E-state index in [1.807, 2.05) is 73.8 Å². The number of likely N-dealkylation sites (N-methyl/N-ethyl adjacent to an activating group) is 1. The minimum Gasteiger partial charge on any atom is -0.392 e. The highest BCUT2D eigenvalue weighted by Gasteiger charge is 2.33. The minimum atomic E-state index is -0.539. The molecule has 3 atom stereocenters. The van der Waals surface area contributed by atoms with Crippen molar-refractivity contribution in [3.63, 3.8) is 0 Å². The van der Waals surface area contributed by atoms with Crippen LogP contribution in [0.15, 0.2) is 97.2 Å². The maximum atomic E-state index is 11.9. The number of hydrogen-bond donors (Lipinski definition) is 3. The lowest BCUT2D eigenvalue weighted by Gasteiger charge is -2.38. The molecule has 1 aliphatic rings. The van der Waals surface area contributed by atoms with Gasteiger partial charge in [-0.1, -0.05) is 66.7 Å². The number of hydrogen-bond acceptors (Lipinski definition) is 6. The van der Waals surface area contributed by atoms with Gasteiger partial charge in [0.25, 0.3) is 0 Å². The predicted octanol–water partition coefficient (Wildman–Crippen LogP) is 5.78. The van der Waals surface area contributed by atoms with Crippen LogP contribution in [0.2, 0.25) is 0 Å². The molecule has 230 valence electrons. The van der Waals surface area contributed by atoms with Crippen molar-refractivity contribution in [2.24, 2.45) is 0 Å². The Morgan fingerprint density at radius 2 is 1.70 bits per heavy atom. The molecular weight excluding hydrogens is 552 g/mol. The van der Waals surface area contributed by atoms with Crippen LogP contribution < -0.4 is 10.6 Å². The number of urea groups is 1. The number of pyridine rings is 1. The minimum absolute atomic E-state index is 0.0111. The van der Waals surface area contributed by atoms with Crippen LogP contribution in [0.25, 0.3) is 11.1 Å². The molecule has 1 saturated heterocycles. The topological polar surface area (TPSA) is 96.0 Å². The number of amides is 2. The molecule has 1 fully saturated rings. The molecule has 0 bridgehead atoms. The van der Waals surface area contributed by atoms with Crippen LogP contribution >= 0.6 is 0 Å². The molecule has 5 rings (SSSR count). The van der Waals surface area contributed by atoms with E-state index in [1.54, 1.807) is 0 Å². The molecule has 1 aliphatic heterocycles. The average Bonchev–Trinajstić information content (AvgIpc) is 3.07. The number of nitrogens with zero attached hydrogens (tertiary/aromatic N) is 2. The van der Waals surface area contributed by atoms with E-state index in [4.69, 9.17) is 9.47 Å². The van der Waals surface area contributed by atoms with Crippen LogP contribution in [0.4, 0.5) is 4.79 Å². The fourth-order valence-corrected chi connectivity index (χ4v) is 5.45. The highest BCUT2D eigenvalue weighted by atomic mass is 16.7. The van der Waals surface area contributed by atoms with Gasteiger partial charge in [-0.25, -0.2) is 4.79 Å². The Kier molecular flexibility index (Phi) is 11.1. The first kappa shape index (κ1) is 31.3. The number of aliphatic hydroxyl groups excluding tert-OH is 1. The zero-order valence-electron chi connectivity index (χ0n) is 25.5. The number of aliphatic hydroxyl groups is 1. The molecule has 8 heteroatoms. The lowest BCUT2D eigenvalue weighted by molar-refractivity contribution is -0.252. The van der Waals surface area contributed by atoms with Crippen molar-refractivity contribution in [2.45, 2.75) is 51.4 Å². The first-order valence-corrected chi connectivity index (χ1v) is 15.3. The molecule has 0 aliphatic carbocycles. The summed E-state index contributed by atoms with van der Waals surface area (Å²) in [6.45, 7) is 4.57. The molecule has 1 aromatic heterocycles. The highest BCUT2D eigenvalue weighted by molar-refractivity contribution is 5.74. The Morgan fingerprint density at radius 1 is 0.909 bits per heavy atom. The first-order valence-electron chi connectivity index (χ1n) is 15.3. The third kappa shape index (κ3) is 8.74. The lowest BCUT2D eigenvalue weighted by atomic mass is 9.98. The second-order valence-electron chi connectivity index (χ2n) is 11.2. The summed E-state index contributed by atoms with van der Waals surface area (Å²) in [6.07, 6.45) is 2.70. The van der Waals surface area contributed by atoms with Gasteiger partial charge in [-0.3, -0.25) is 4.98 Å². The Labute approximate surface area is 260 Å². The third-order valence-electron chi connectivity index (χ3n) is 7.82. The van der Waals surface area contributed by atoms with Gasteiger partial charge in [0, 0.05) is 56.5 Å². The smallest absolute Gasteiger partial charge is 0.315 e. The normalized spacial score (nSPS) is 18.2. The summed E-state index contributed by atoms with van der Waals surface area (Å²) in [4.78, 5) is 18.6. The number of carbonyl (C=O) groups excluding carboxylic acids is 1. The zero-order valence-corrected chi connectivity index (χ0v) is 25.5. The van der Waals surface area contributed by atoms with Crippen molar-refractivity contribution in [2.75, 3.05) is 26.7 Å². The fourth-order valence-electron chi connectivity index (χ4n) is 5.45. The standard InChI is InChI=1S/C36H42N4O4/c1-3-37-36(42)39-23-27-8-6-9-29(20-27)30-10-7-11-31(21-30)35-43-33(24-40(2)19-17-32-12-4-5-18-38-32)22-34(44-35)28-15-13-26(25-41)14-16-28/h4-16,18,20-21,33-35,41H,3,17,19,22-25H2,1-2H3,(H2,37,39,42). The van der Waals surface area contributed by atoms with Crippen molar-refractivity contribution in [1.29, 1.82) is 0 Å². The van der Waals surface area contributed by atoms with E-state index in [0.717, 1.165) is 65.0 Å². The third-order valence-corrected chi connectivity index (χ3v) is 7.82. The van der Waals surface area contributed by atoms with Gasteiger partial charge in [-0.15, -0.1) is 0 Å². The van der Waals surface area contributed by atoms with E-state index >= 15 is 0 Å². The van der Waals surface area contributed by atoms with Crippen molar-refractivity contribution in [1.82, 2.24) is 20.5 Å². The SMILES string of the molecule is CCNC(=O)NCc1cccc(-c2cccc(C3OC(CN(C)CCc4ccccn4)CC(c4ccc(CO)cc4)O3)c2)c1. The average molecular weight is 595 g/mol. The van der Waals surface area contributed by atoms with E-state index in [9.17, 15) is 9.90 Å². The van der Waals surface area contributed by atoms with Crippen molar-refractivity contribution >= 4 is 6.03 Å². The first-order chi connectivity index (χ1) is 21.5. The van der Waals surface area contributed by atoms with Gasteiger partial charge in [0.1, 0.15) is 0 Å². The number of nitrogens with one attached hydrogen (secondary N) is 2. The summed E-state index contributed by atoms with van der Waals surface area (Å²) < 4.78 is 13.2. The lowest BCUT2D eigenvalue weighted by Crippen LogP contribution is -2.38. The number of ether oxygens (including phenoxy) is 2. The number of aromatic nitrogens is 1. The van der Waals surface area contributed by atoms with Gasteiger partial charge >= 0.3 is 6.03 Å². The molecule has 4 aromatic rings. The quantitative estimate of drug-likeness (QED) is 0.193. The number of carbonyl (C=O) groups is 1. The van der Waals surface area contributed by atoms with Crippen molar-refractivity contribution in [3.05, 3.63) is 125 Å². The maximum Gasteiger partial charge on any atom is 0.315 e. The Balaban J connectivity index is 1.33. The predicted molar refractivity (Wildman–Crippen MR) is 172 cm³/mol. The van der Waals surface area contributed by atoms with Gasteiger partial charge in [0.05, 0.1) is 18.8 Å². The summed E-state index contributed by atoms with van der Waals surface area (Å²) in [6, 6.07) is 30.3. The molecule has 44 heavy (non-hydrogen) atoms. The summed E-state index contributed by atoms with van der Waals surface area (Å²) in [7, 11) is 2.12. The zero-order chi connectivity index (χ0) is 30.7. The molecule has 2 heterocycles. The van der Waals surface area contributed by atoms with Crippen molar-refractivity contribution in [3.8, 4) is 11.1 Å². The Hall–Kier alpha value is -4.08. The van der Waals surface area contributed by atoms with Crippen LogP contribution in [0.1, 0.15) is 53.7 Å². The van der Waals surface area contributed by atoms with E-state index in [-0.39, 0.29) is 24.8 Å². The van der Waals surface area contributed by atoms with Crippen LogP contribution in [0.5, 0.6) is 0 Å². The molecular formula is C36H42N4O4. The fraction of sp³-hybridized carbons (Fsp3) is 0.333. The number of benzene rings is 3. The summed E-state index contributed by atoms with van der Waals surface area (Å²) in [5, 5.41) is 15.2. The van der Waals surface area contributed by atoms with E-state index in [0.29, 0.717) is 13.1 Å². The maximum absolute atomic E-state index is 11.9. The molecule has 2 amide bonds. The summed E-state index contributed by atoms with van der Waals surface area (Å²) in [5.74, 6) is 0. The molecule has 0 spiro atoms. The Morgan fingerprint density at radius 3 is 2.45 bits per heavy atom. The molecule has 8 nitrogen and oxygen atoms in total. The van der Waals surface area contributed by atoms with Gasteiger partial charge in [-0.05, 0) is 66.1 Å². The van der Waals surface area contributed by atoms with Crippen LogP contribution in [-0.4, -0.2) is 53.8 Å². The molecule has 3 unspecified atom stereocenters. The van der Waals surface area contributed by atoms with Gasteiger partial charge in [-0.2, -0.15) is 0 Å². The summed E-state index contributed by atoms with van der Waals surface area (Å²) in [5.41, 5.74) is 7.09. The van der Waals surface area contributed by atoms with Gasteiger partial charge < -0.3 is 30.1 Å². The van der Waals surface area contributed by atoms with E-state index < -0.39 is 6.29 Å². The van der Waals surface area contributed by atoms with Gasteiger partial charge in [0.2, 0.25) is 0 Å². The molecule has 3 N–H and O–H groups in total. The number of rotatable bonds is 12. The van der Waals surface area contributed by atoms with Crippen molar-refractivity contribution < 1.29 is 19.4 Å². The second kappa shape index (κ2) is 15.6. The van der Waals surface area contributed by atoms with Crippen LogP contribution in [0.3, 0.4) is 0 Å². The second-order valence-corrected chi connectivity index (χ2v) is 11.2. The summed E-state index contributed by atoms with van der Waals surface area (Å²) >= 11 is 0. The van der Waals surface area contributed by atoms with E-state index in [2.05, 4.69) is 57.9 Å². The highest BCUT2D eigenvalue weighted by Crippen LogP contribution is 2.39. The van der Waals surface area contributed by atoms with Gasteiger partial charge in [0.15, 0.2) is 6.29 Å². The molecule has 0 radical (unpaired) electrons. The van der Waals surface area contributed by atoms with Crippen LogP contribution in [0, 0.1) is 0 Å². The largest absolute Gasteiger partial charge is 0.392 e. The molecule has 3 aromatic carbocycles. The Bertz CT molecular complexity index is 1480. The monoisotopic (exact) mass is 594 g/mol. The van der Waals surface area contributed by atoms with Crippen LogP contribution in [-0.2, 0) is 29.0 Å².